The second-order valence-electron chi connectivity index (χ2n) is 5.52. The summed E-state index contributed by atoms with van der Waals surface area (Å²) in [4.78, 5) is 14.1. The highest BCUT2D eigenvalue weighted by Gasteiger charge is 2.23. The lowest BCUT2D eigenvalue weighted by molar-refractivity contribution is -0.131. The summed E-state index contributed by atoms with van der Waals surface area (Å²) in [5, 5.41) is 2.42. The predicted molar refractivity (Wildman–Crippen MR) is 81.4 cm³/mol. The van der Waals surface area contributed by atoms with Crippen LogP contribution in [0.3, 0.4) is 0 Å². The number of hydrogen-bond acceptors (Lipinski definition) is 2. The SMILES string of the molecule is NC(Cc1ccc2ccccc2c1)C(=O)N1CCCC1. The predicted octanol–water partition coefficient (Wildman–Crippen LogP) is 2.33. The van der Waals surface area contributed by atoms with Crippen molar-refractivity contribution in [2.45, 2.75) is 25.3 Å². The van der Waals surface area contributed by atoms with Gasteiger partial charge in [0, 0.05) is 13.1 Å². The Labute approximate surface area is 119 Å². The van der Waals surface area contributed by atoms with E-state index < -0.39 is 6.04 Å². The molecule has 1 aliphatic heterocycles. The van der Waals surface area contributed by atoms with Gasteiger partial charge in [-0.15, -0.1) is 0 Å². The number of nitrogens with zero attached hydrogens (tertiary/aromatic N) is 1. The van der Waals surface area contributed by atoms with Crippen LogP contribution in [0.1, 0.15) is 18.4 Å². The Kier molecular flexibility index (Phi) is 3.70. The first-order valence-corrected chi connectivity index (χ1v) is 7.26. The van der Waals surface area contributed by atoms with E-state index in [4.69, 9.17) is 5.73 Å². The number of likely N-dealkylation sites (tertiary alicyclic amines) is 1. The van der Waals surface area contributed by atoms with E-state index in [2.05, 4.69) is 30.3 Å². The number of fused-ring (bicyclic) bond motifs is 1. The van der Waals surface area contributed by atoms with Crippen LogP contribution in [0, 0.1) is 0 Å². The van der Waals surface area contributed by atoms with Gasteiger partial charge in [-0.2, -0.15) is 0 Å². The van der Waals surface area contributed by atoms with Crippen molar-refractivity contribution in [3.8, 4) is 0 Å². The van der Waals surface area contributed by atoms with Crippen LogP contribution < -0.4 is 5.73 Å². The second-order valence-corrected chi connectivity index (χ2v) is 5.52. The topological polar surface area (TPSA) is 46.3 Å². The van der Waals surface area contributed by atoms with Gasteiger partial charge < -0.3 is 10.6 Å². The molecule has 1 saturated heterocycles. The highest BCUT2D eigenvalue weighted by molar-refractivity contribution is 5.84. The Hall–Kier alpha value is -1.87. The summed E-state index contributed by atoms with van der Waals surface area (Å²) in [6.45, 7) is 1.73. The van der Waals surface area contributed by atoms with Crippen molar-refractivity contribution in [2.24, 2.45) is 5.73 Å². The van der Waals surface area contributed by atoms with E-state index in [0.717, 1.165) is 31.5 Å². The smallest absolute Gasteiger partial charge is 0.239 e. The molecule has 0 bridgehead atoms. The van der Waals surface area contributed by atoms with E-state index in [-0.39, 0.29) is 5.91 Å². The van der Waals surface area contributed by atoms with Gasteiger partial charge >= 0.3 is 0 Å². The summed E-state index contributed by atoms with van der Waals surface area (Å²) in [7, 11) is 0. The molecule has 0 aromatic heterocycles. The summed E-state index contributed by atoms with van der Waals surface area (Å²) < 4.78 is 0. The van der Waals surface area contributed by atoms with Gasteiger partial charge in [0.2, 0.25) is 5.91 Å². The Morgan fingerprint density at radius 3 is 2.55 bits per heavy atom. The summed E-state index contributed by atoms with van der Waals surface area (Å²) in [5.41, 5.74) is 7.21. The van der Waals surface area contributed by atoms with Gasteiger partial charge in [-0.05, 0) is 35.6 Å². The van der Waals surface area contributed by atoms with Crippen LogP contribution in [-0.2, 0) is 11.2 Å². The highest BCUT2D eigenvalue weighted by atomic mass is 16.2. The van der Waals surface area contributed by atoms with Crippen molar-refractivity contribution >= 4 is 16.7 Å². The molecular weight excluding hydrogens is 248 g/mol. The largest absolute Gasteiger partial charge is 0.341 e. The molecule has 1 unspecified atom stereocenters. The number of carbonyl (C=O) groups is 1. The number of benzene rings is 2. The zero-order valence-electron chi connectivity index (χ0n) is 11.6. The molecule has 2 aromatic rings. The standard InChI is InChI=1S/C17H20N2O/c18-16(17(20)19-9-3-4-10-19)12-13-7-8-14-5-1-2-6-15(14)11-13/h1-2,5-8,11,16H,3-4,9-10,12,18H2. The number of carbonyl (C=O) groups excluding carboxylic acids is 1. The normalized spacial score (nSPS) is 16.6. The Bertz CT molecular complexity index is 617. The molecule has 1 atom stereocenters. The molecular formula is C17H20N2O. The summed E-state index contributed by atoms with van der Waals surface area (Å²) in [6.07, 6.45) is 2.82. The van der Waals surface area contributed by atoms with Crippen molar-refractivity contribution in [1.29, 1.82) is 0 Å². The maximum Gasteiger partial charge on any atom is 0.239 e. The van der Waals surface area contributed by atoms with Crippen LogP contribution in [0.25, 0.3) is 10.8 Å². The molecule has 3 nitrogen and oxygen atoms in total. The molecule has 1 amide bonds. The molecule has 1 aliphatic rings. The van der Waals surface area contributed by atoms with E-state index in [0.29, 0.717) is 6.42 Å². The molecule has 20 heavy (non-hydrogen) atoms. The number of hydrogen-bond donors (Lipinski definition) is 1. The molecule has 2 aromatic carbocycles. The van der Waals surface area contributed by atoms with Crippen molar-refractivity contribution in [2.75, 3.05) is 13.1 Å². The van der Waals surface area contributed by atoms with Crippen molar-refractivity contribution < 1.29 is 4.79 Å². The van der Waals surface area contributed by atoms with Crippen molar-refractivity contribution in [1.82, 2.24) is 4.90 Å². The average molecular weight is 268 g/mol. The number of nitrogens with two attached hydrogens (primary N) is 1. The fourth-order valence-corrected chi connectivity index (χ4v) is 2.88. The van der Waals surface area contributed by atoms with E-state index in [9.17, 15) is 4.79 Å². The van der Waals surface area contributed by atoms with Crippen LogP contribution in [-0.4, -0.2) is 29.9 Å². The number of rotatable bonds is 3. The maximum absolute atomic E-state index is 12.2. The van der Waals surface area contributed by atoms with E-state index in [1.54, 1.807) is 0 Å². The first-order chi connectivity index (χ1) is 9.74. The zero-order valence-corrected chi connectivity index (χ0v) is 11.6. The zero-order chi connectivity index (χ0) is 13.9. The minimum absolute atomic E-state index is 0.0932. The monoisotopic (exact) mass is 268 g/mol. The molecule has 0 spiro atoms. The average Bonchev–Trinajstić information content (AvgIpc) is 3.00. The summed E-state index contributed by atoms with van der Waals surface area (Å²) in [5.74, 6) is 0.0932. The molecule has 0 saturated carbocycles. The van der Waals surface area contributed by atoms with Gasteiger partial charge in [-0.3, -0.25) is 4.79 Å². The van der Waals surface area contributed by atoms with Gasteiger partial charge in [0.05, 0.1) is 6.04 Å². The Morgan fingerprint density at radius 2 is 1.80 bits per heavy atom. The fraction of sp³-hybridized carbons (Fsp3) is 0.353. The summed E-state index contributed by atoms with van der Waals surface area (Å²) in [6, 6.07) is 14.1. The molecule has 2 N–H and O–H groups in total. The first kappa shape index (κ1) is 13.1. The van der Waals surface area contributed by atoms with Gasteiger partial charge in [-0.25, -0.2) is 0 Å². The van der Waals surface area contributed by atoms with Gasteiger partial charge in [0.15, 0.2) is 0 Å². The van der Waals surface area contributed by atoms with Crippen LogP contribution in [0.5, 0.6) is 0 Å². The Morgan fingerprint density at radius 1 is 1.10 bits per heavy atom. The number of amides is 1. The molecule has 3 heteroatoms. The molecule has 1 heterocycles. The van der Waals surface area contributed by atoms with Crippen LogP contribution in [0.2, 0.25) is 0 Å². The fourth-order valence-electron chi connectivity index (χ4n) is 2.88. The second kappa shape index (κ2) is 5.63. The maximum atomic E-state index is 12.2. The van der Waals surface area contributed by atoms with Gasteiger partial charge in [-0.1, -0.05) is 42.5 Å². The quantitative estimate of drug-likeness (QED) is 0.928. The third kappa shape index (κ3) is 2.68. The van der Waals surface area contributed by atoms with Gasteiger partial charge in [0.25, 0.3) is 0 Å². The van der Waals surface area contributed by atoms with Gasteiger partial charge in [0.1, 0.15) is 0 Å². The van der Waals surface area contributed by atoms with Crippen LogP contribution in [0.4, 0.5) is 0 Å². The van der Waals surface area contributed by atoms with Crippen LogP contribution >= 0.6 is 0 Å². The van der Waals surface area contributed by atoms with E-state index >= 15 is 0 Å². The Balaban J connectivity index is 1.73. The minimum Gasteiger partial charge on any atom is -0.341 e. The molecule has 1 fully saturated rings. The highest BCUT2D eigenvalue weighted by Crippen LogP contribution is 2.17. The van der Waals surface area contributed by atoms with E-state index in [1.807, 2.05) is 17.0 Å². The third-order valence-corrected chi connectivity index (χ3v) is 4.00. The first-order valence-electron chi connectivity index (χ1n) is 7.26. The lowest BCUT2D eigenvalue weighted by atomic mass is 10.0. The van der Waals surface area contributed by atoms with E-state index in [1.165, 1.54) is 10.8 Å². The summed E-state index contributed by atoms with van der Waals surface area (Å²) >= 11 is 0. The lowest BCUT2D eigenvalue weighted by Gasteiger charge is -2.20. The van der Waals surface area contributed by atoms with Crippen molar-refractivity contribution in [3.05, 3.63) is 48.0 Å². The van der Waals surface area contributed by atoms with Crippen LogP contribution in [0.15, 0.2) is 42.5 Å². The lowest BCUT2D eigenvalue weighted by Crippen LogP contribution is -2.43. The van der Waals surface area contributed by atoms with Crippen molar-refractivity contribution in [3.63, 3.8) is 0 Å². The molecule has 0 aliphatic carbocycles. The molecule has 3 rings (SSSR count). The molecule has 0 radical (unpaired) electrons. The molecule has 104 valence electrons. The third-order valence-electron chi connectivity index (χ3n) is 4.00. The minimum atomic E-state index is -0.422.